The molecule has 0 saturated heterocycles. The minimum atomic E-state index is -0.0917. The van der Waals surface area contributed by atoms with Crippen LogP contribution in [0.3, 0.4) is 0 Å². The van der Waals surface area contributed by atoms with Gasteiger partial charge in [-0.05, 0) is 23.8 Å². The van der Waals surface area contributed by atoms with Gasteiger partial charge in [0.15, 0.2) is 11.5 Å². The van der Waals surface area contributed by atoms with Crippen LogP contribution in [-0.4, -0.2) is 36.1 Å². The Morgan fingerprint density at radius 1 is 1.07 bits per heavy atom. The molecule has 2 aromatic carbocycles. The summed E-state index contributed by atoms with van der Waals surface area (Å²) in [5.41, 5.74) is 2.05. The Kier molecular flexibility index (Phi) is 6.67. The maximum Gasteiger partial charge on any atom is 0.236 e. The zero-order valence-electron chi connectivity index (χ0n) is 15.0. The summed E-state index contributed by atoms with van der Waals surface area (Å²) >= 11 is 2.88. The van der Waals surface area contributed by atoms with Gasteiger partial charge >= 0.3 is 0 Å². The summed E-state index contributed by atoms with van der Waals surface area (Å²) in [6, 6.07) is 15.6. The topological polar surface area (TPSA) is 73.3 Å². The highest BCUT2D eigenvalue weighted by atomic mass is 32.2. The number of anilines is 1. The van der Waals surface area contributed by atoms with Gasteiger partial charge in [-0.3, -0.25) is 10.1 Å². The van der Waals surface area contributed by atoms with Crippen LogP contribution < -0.4 is 14.8 Å². The van der Waals surface area contributed by atoms with Gasteiger partial charge in [-0.1, -0.05) is 41.7 Å². The number of carbonyl (C=O) groups excluding carboxylic acids is 1. The predicted octanol–water partition coefficient (Wildman–Crippen LogP) is 4.09. The largest absolute Gasteiger partial charge is 0.493 e. The first-order valence-electron chi connectivity index (χ1n) is 8.17. The summed E-state index contributed by atoms with van der Waals surface area (Å²) < 4.78 is 10.5. The van der Waals surface area contributed by atoms with Crippen molar-refractivity contribution in [2.24, 2.45) is 0 Å². The Labute approximate surface area is 165 Å². The van der Waals surface area contributed by atoms with E-state index in [9.17, 15) is 4.79 Å². The Hall–Kier alpha value is -2.58. The fourth-order valence-electron chi connectivity index (χ4n) is 2.35. The zero-order chi connectivity index (χ0) is 19.1. The Balaban J connectivity index is 1.56. The highest BCUT2D eigenvalue weighted by Crippen LogP contribution is 2.34. The van der Waals surface area contributed by atoms with Crippen LogP contribution in [0.1, 0.15) is 5.56 Å². The number of ether oxygens (including phenoxy) is 2. The Bertz CT molecular complexity index is 900. The maximum absolute atomic E-state index is 12.1. The summed E-state index contributed by atoms with van der Waals surface area (Å²) in [6.07, 6.45) is 0. The van der Waals surface area contributed by atoms with E-state index in [2.05, 4.69) is 15.5 Å². The lowest BCUT2D eigenvalue weighted by Gasteiger charge is -2.07. The zero-order valence-corrected chi connectivity index (χ0v) is 16.6. The molecule has 140 valence electrons. The summed E-state index contributed by atoms with van der Waals surface area (Å²) in [6.45, 7) is 0. The van der Waals surface area contributed by atoms with Gasteiger partial charge in [0.25, 0.3) is 0 Å². The number of amides is 1. The molecule has 8 heteroatoms. The van der Waals surface area contributed by atoms with Gasteiger partial charge in [-0.25, -0.2) is 0 Å². The third-order valence-corrected chi connectivity index (χ3v) is 5.54. The van der Waals surface area contributed by atoms with Crippen LogP contribution in [0.15, 0.2) is 48.5 Å². The lowest BCUT2D eigenvalue weighted by Crippen LogP contribution is -2.13. The molecular formula is C19H19N3O3S2. The molecule has 0 saturated carbocycles. The molecule has 0 unspecified atom stereocenters. The number of hydrogen-bond donors (Lipinski definition) is 1. The van der Waals surface area contributed by atoms with E-state index in [-0.39, 0.29) is 5.91 Å². The van der Waals surface area contributed by atoms with E-state index >= 15 is 0 Å². The molecule has 1 N–H and O–H groups in total. The van der Waals surface area contributed by atoms with E-state index in [4.69, 9.17) is 9.47 Å². The van der Waals surface area contributed by atoms with Crippen molar-refractivity contribution in [2.45, 2.75) is 5.75 Å². The normalized spacial score (nSPS) is 10.4. The molecule has 0 aliphatic heterocycles. The van der Waals surface area contributed by atoms with Crippen molar-refractivity contribution in [3.05, 3.63) is 54.1 Å². The lowest BCUT2D eigenvalue weighted by atomic mass is 10.2. The Morgan fingerprint density at radius 2 is 1.85 bits per heavy atom. The van der Waals surface area contributed by atoms with Crippen LogP contribution in [0, 0.1) is 0 Å². The van der Waals surface area contributed by atoms with Crippen molar-refractivity contribution in [3.8, 4) is 22.1 Å². The number of benzene rings is 2. The van der Waals surface area contributed by atoms with Crippen molar-refractivity contribution in [1.29, 1.82) is 0 Å². The van der Waals surface area contributed by atoms with Gasteiger partial charge in [0.2, 0.25) is 11.0 Å². The first-order valence-corrected chi connectivity index (χ1v) is 10.1. The molecule has 0 atom stereocenters. The Morgan fingerprint density at radius 3 is 2.59 bits per heavy atom. The molecule has 1 heterocycles. The monoisotopic (exact) mass is 401 g/mol. The molecular weight excluding hydrogens is 382 g/mol. The van der Waals surface area contributed by atoms with Crippen LogP contribution in [0.2, 0.25) is 0 Å². The van der Waals surface area contributed by atoms with Gasteiger partial charge in [0.1, 0.15) is 5.01 Å². The number of nitrogens with one attached hydrogen (secondary N) is 1. The maximum atomic E-state index is 12.1. The van der Waals surface area contributed by atoms with Gasteiger partial charge in [-0.15, -0.1) is 22.0 Å². The van der Waals surface area contributed by atoms with Gasteiger partial charge in [0.05, 0.1) is 20.0 Å². The van der Waals surface area contributed by atoms with Crippen molar-refractivity contribution >= 4 is 34.1 Å². The van der Waals surface area contributed by atoms with Crippen LogP contribution >= 0.6 is 23.1 Å². The molecule has 1 amide bonds. The fraction of sp³-hybridized carbons (Fsp3) is 0.211. The predicted molar refractivity (Wildman–Crippen MR) is 110 cm³/mol. The summed E-state index contributed by atoms with van der Waals surface area (Å²) in [7, 11) is 3.17. The SMILES string of the molecule is COc1ccc(-c2nnc(NC(=O)CSCc3ccccc3)s2)cc1OC. The molecule has 0 bridgehead atoms. The third-order valence-electron chi connectivity index (χ3n) is 3.65. The third kappa shape index (κ3) is 5.21. The number of methoxy groups -OCH3 is 2. The molecule has 6 nitrogen and oxygen atoms in total. The van der Waals surface area contributed by atoms with Crippen molar-refractivity contribution in [3.63, 3.8) is 0 Å². The van der Waals surface area contributed by atoms with E-state index in [1.165, 1.54) is 16.9 Å². The van der Waals surface area contributed by atoms with Crippen LogP contribution in [-0.2, 0) is 10.5 Å². The molecule has 0 spiro atoms. The lowest BCUT2D eigenvalue weighted by molar-refractivity contribution is -0.113. The van der Waals surface area contributed by atoms with Gasteiger partial charge in [-0.2, -0.15) is 0 Å². The van der Waals surface area contributed by atoms with E-state index < -0.39 is 0 Å². The van der Waals surface area contributed by atoms with E-state index in [1.807, 2.05) is 48.5 Å². The number of hydrogen-bond acceptors (Lipinski definition) is 7. The van der Waals surface area contributed by atoms with Crippen molar-refractivity contribution < 1.29 is 14.3 Å². The second-order valence-corrected chi connectivity index (χ2v) is 7.47. The standard InChI is InChI=1S/C19H19N3O3S2/c1-24-15-9-8-14(10-16(15)25-2)18-21-22-19(27-18)20-17(23)12-26-11-13-6-4-3-5-7-13/h3-10H,11-12H2,1-2H3,(H,20,22,23). The second-order valence-electron chi connectivity index (χ2n) is 5.51. The second kappa shape index (κ2) is 9.38. The fourth-order valence-corrected chi connectivity index (χ4v) is 3.89. The molecule has 27 heavy (non-hydrogen) atoms. The average Bonchev–Trinajstić information content (AvgIpc) is 3.16. The number of thioether (sulfide) groups is 1. The quantitative estimate of drug-likeness (QED) is 0.613. The molecule has 0 aliphatic rings. The molecule has 0 fully saturated rings. The first kappa shape index (κ1) is 19.2. The minimum absolute atomic E-state index is 0.0917. The van der Waals surface area contributed by atoms with Crippen molar-refractivity contribution in [2.75, 3.05) is 25.3 Å². The molecule has 0 aliphatic carbocycles. The van der Waals surface area contributed by atoms with E-state index in [1.54, 1.807) is 26.0 Å². The van der Waals surface area contributed by atoms with E-state index in [0.29, 0.717) is 27.4 Å². The molecule has 1 aromatic heterocycles. The first-order chi connectivity index (χ1) is 13.2. The van der Waals surface area contributed by atoms with Crippen molar-refractivity contribution in [1.82, 2.24) is 10.2 Å². The van der Waals surface area contributed by atoms with Crippen LogP contribution in [0.4, 0.5) is 5.13 Å². The molecule has 3 aromatic rings. The minimum Gasteiger partial charge on any atom is -0.493 e. The summed E-state index contributed by atoms with van der Waals surface area (Å²) in [5.74, 6) is 2.33. The molecule has 3 rings (SSSR count). The number of carbonyl (C=O) groups is 1. The molecule has 0 radical (unpaired) electrons. The van der Waals surface area contributed by atoms with Gasteiger partial charge in [0, 0.05) is 11.3 Å². The van der Waals surface area contributed by atoms with Crippen LogP contribution in [0.5, 0.6) is 11.5 Å². The number of nitrogens with zero attached hydrogens (tertiary/aromatic N) is 2. The highest BCUT2D eigenvalue weighted by molar-refractivity contribution is 7.99. The van der Waals surface area contributed by atoms with Crippen LogP contribution in [0.25, 0.3) is 10.6 Å². The smallest absolute Gasteiger partial charge is 0.236 e. The summed E-state index contributed by atoms with van der Waals surface area (Å²) in [4.78, 5) is 12.1. The van der Waals surface area contributed by atoms with E-state index in [0.717, 1.165) is 11.3 Å². The summed E-state index contributed by atoms with van der Waals surface area (Å²) in [5, 5.41) is 12.2. The highest BCUT2D eigenvalue weighted by Gasteiger charge is 2.12. The number of rotatable bonds is 8. The number of aromatic nitrogens is 2. The van der Waals surface area contributed by atoms with Gasteiger partial charge < -0.3 is 9.47 Å². The average molecular weight is 402 g/mol.